The predicted octanol–water partition coefficient (Wildman–Crippen LogP) is 4.14. The summed E-state index contributed by atoms with van der Waals surface area (Å²) in [5.74, 6) is -0.474. The van der Waals surface area contributed by atoms with Crippen molar-refractivity contribution in [3.05, 3.63) is 61.1 Å². The van der Waals surface area contributed by atoms with Crippen LogP contribution in [0, 0.1) is 5.92 Å². The Bertz CT molecular complexity index is 1310. The molecule has 0 fully saturated rings. The number of aliphatic hydroxyl groups excluding tert-OH is 1. The van der Waals surface area contributed by atoms with E-state index in [4.69, 9.17) is 5.11 Å². The maximum atomic E-state index is 13.6. The summed E-state index contributed by atoms with van der Waals surface area (Å²) in [5.41, 5.74) is -2.74. The average Bonchev–Trinajstić information content (AvgIpc) is 3.13. The van der Waals surface area contributed by atoms with Crippen molar-refractivity contribution >= 4 is 39.1 Å². The molecule has 1 N–H and O–H groups in total. The fourth-order valence-corrected chi connectivity index (χ4v) is 5.95. The Balaban J connectivity index is 2.35. The van der Waals surface area contributed by atoms with E-state index in [-0.39, 0.29) is 39.1 Å². The minimum atomic E-state index is -4.73. The second kappa shape index (κ2) is 9.86. The number of fused-ring (bicyclic) bond motifs is 1. The normalized spacial score (nSPS) is 12.1. The van der Waals surface area contributed by atoms with Crippen molar-refractivity contribution in [1.29, 1.82) is 0 Å². The SMILES string of the molecule is CC(C)Cn1c(=O)n(C)c(=O)c2c(SCCCO)c(C(=O)c3ccccc3C(F)(F)F)sc21. The summed E-state index contributed by atoms with van der Waals surface area (Å²) in [5, 5.41) is 9.29. The van der Waals surface area contributed by atoms with Crippen LogP contribution in [0.5, 0.6) is 0 Å². The van der Waals surface area contributed by atoms with Gasteiger partial charge in [-0.1, -0.05) is 32.0 Å². The molecule has 0 bridgehead atoms. The Kier molecular flexibility index (Phi) is 7.55. The zero-order valence-corrected chi connectivity index (χ0v) is 19.9. The van der Waals surface area contributed by atoms with Crippen LogP contribution in [-0.2, 0) is 19.8 Å². The molecule has 2 aromatic heterocycles. The third kappa shape index (κ3) is 4.95. The molecule has 3 aromatic rings. The van der Waals surface area contributed by atoms with Crippen LogP contribution in [0.4, 0.5) is 13.2 Å². The molecule has 0 spiro atoms. The predicted molar refractivity (Wildman–Crippen MR) is 123 cm³/mol. The highest BCUT2D eigenvalue weighted by Crippen LogP contribution is 2.40. The largest absolute Gasteiger partial charge is 0.417 e. The second-order valence-corrected chi connectivity index (χ2v) is 9.99. The highest BCUT2D eigenvalue weighted by atomic mass is 32.2. The summed E-state index contributed by atoms with van der Waals surface area (Å²) in [6.45, 7) is 3.93. The van der Waals surface area contributed by atoms with Gasteiger partial charge in [-0.2, -0.15) is 13.2 Å². The summed E-state index contributed by atoms with van der Waals surface area (Å²) >= 11 is 1.98. The minimum absolute atomic E-state index is 0.0233. The van der Waals surface area contributed by atoms with E-state index in [0.29, 0.717) is 12.2 Å². The molecule has 0 aliphatic heterocycles. The average molecular weight is 501 g/mol. The summed E-state index contributed by atoms with van der Waals surface area (Å²) in [7, 11) is 1.33. The molecule has 6 nitrogen and oxygen atoms in total. The van der Waals surface area contributed by atoms with E-state index >= 15 is 0 Å². The van der Waals surface area contributed by atoms with E-state index in [1.165, 1.54) is 23.7 Å². The van der Waals surface area contributed by atoms with E-state index in [9.17, 15) is 27.6 Å². The molecule has 1 aromatic carbocycles. The molecule has 178 valence electrons. The Morgan fingerprint density at radius 3 is 2.48 bits per heavy atom. The highest BCUT2D eigenvalue weighted by molar-refractivity contribution is 7.99. The van der Waals surface area contributed by atoms with Crippen LogP contribution >= 0.6 is 23.1 Å². The number of aromatic nitrogens is 2. The number of benzene rings is 1. The summed E-state index contributed by atoms with van der Waals surface area (Å²) in [6, 6.07) is 4.50. The Hall–Kier alpha value is -2.37. The molecule has 0 unspecified atom stereocenters. The van der Waals surface area contributed by atoms with Gasteiger partial charge in [-0.05, 0) is 18.4 Å². The molecule has 0 aliphatic rings. The van der Waals surface area contributed by atoms with E-state index in [0.717, 1.165) is 39.8 Å². The molecule has 33 heavy (non-hydrogen) atoms. The van der Waals surface area contributed by atoms with Gasteiger partial charge >= 0.3 is 11.9 Å². The third-order valence-corrected chi connectivity index (χ3v) is 7.44. The van der Waals surface area contributed by atoms with Crippen LogP contribution in [0.1, 0.15) is 41.1 Å². The molecule has 2 heterocycles. The van der Waals surface area contributed by atoms with Crippen molar-refractivity contribution in [3.8, 4) is 0 Å². The first-order chi connectivity index (χ1) is 15.5. The molecule has 0 aliphatic carbocycles. The van der Waals surface area contributed by atoms with Crippen molar-refractivity contribution in [2.24, 2.45) is 13.0 Å². The Morgan fingerprint density at radius 1 is 1.21 bits per heavy atom. The van der Waals surface area contributed by atoms with Crippen molar-refractivity contribution in [2.75, 3.05) is 12.4 Å². The molecule has 3 rings (SSSR count). The van der Waals surface area contributed by atoms with E-state index in [2.05, 4.69) is 0 Å². The van der Waals surface area contributed by atoms with Gasteiger partial charge in [0, 0.05) is 36.4 Å². The fraction of sp³-hybridized carbons (Fsp3) is 0.409. The molecule has 0 radical (unpaired) electrons. The molecule has 0 amide bonds. The first kappa shape index (κ1) is 25.3. The maximum absolute atomic E-state index is 13.6. The molecule has 0 atom stereocenters. The van der Waals surface area contributed by atoms with Crippen molar-refractivity contribution < 1.29 is 23.1 Å². The lowest BCUT2D eigenvalue weighted by Gasteiger charge is -2.12. The molecule has 0 saturated carbocycles. The maximum Gasteiger partial charge on any atom is 0.417 e. The van der Waals surface area contributed by atoms with Crippen LogP contribution < -0.4 is 11.2 Å². The number of thioether (sulfide) groups is 1. The number of halogens is 3. The molecular weight excluding hydrogens is 477 g/mol. The van der Waals surface area contributed by atoms with Gasteiger partial charge in [0.05, 0.1) is 15.8 Å². The van der Waals surface area contributed by atoms with Crippen molar-refractivity contribution in [3.63, 3.8) is 0 Å². The topological polar surface area (TPSA) is 81.3 Å². The number of thiophene rings is 1. The Labute approximate surface area is 195 Å². The van der Waals surface area contributed by atoms with Gasteiger partial charge in [0.2, 0.25) is 5.78 Å². The number of carbonyl (C=O) groups is 1. The number of hydrogen-bond donors (Lipinski definition) is 1. The van der Waals surface area contributed by atoms with Gasteiger partial charge < -0.3 is 5.11 Å². The van der Waals surface area contributed by atoms with E-state index in [1.807, 2.05) is 13.8 Å². The highest BCUT2D eigenvalue weighted by Gasteiger charge is 2.36. The van der Waals surface area contributed by atoms with Gasteiger partial charge in [-0.15, -0.1) is 23.1 Å². The van der Waals surface area contributed by atoms with Crippen LogP contribution in [0.2, 0.25) is 0 Å². The van der Waals surface area contributed by atoms with Gasteiger partial charge in [0.1, 0.15) is 4.83 Å². The second-order valence-electron chi connectivity index (χ2n) is 7.89. The lowest BCUT2D eigenvalue weighted by Crippen LogP contribution is -2.38. The number of alkyl halides is 3. The summed E-state index contributed by atoms with van der Waals surface area (Å²) in [4.78, 5) is 39.7. The van der Waals surface area contributed by atoms with Gasteiger partial charge in [-0.3, -0.25) is 18.7 Å². The minimum Gasteiger partial charge on any atom is -0.396 e. The number of carbonyl (C=O) groups excluding carboxylic acids is 1. The van der Waals surface area contributed by atoms with Gasteiger partial charge in [0.15, 0.2) is 0 Å². The van der Waals surface area contributed by atoms with Gasteiger partial charge in [-0.25, -0.2) is 4.79 Å². The first-order valence-corrected chi connectivity index (χ1v) is 12.0. The molecule has 0 saturated heterocycles. The number of hydrogen-bond acceptors (Lipinski definition) is 6. The van der Waals surface area contributed by atoms with E-state index in [1.54, 1.807) is 0 Å². The zero-order valence-electron chi connectivity index (χ0n) is 18.2. The Morgan fingerprint density at radius 2 is 1.88 bits per heavy atom. The van der Waals surface area contributed by atoms with Crippen LogP contribution in [-0.4, -0.2) is 32.4 Å². The number of ketones is 1. The summed E-state index contributed by atoms with van der Waals surface area (Å²) < 4.78 is 43.1. The fourth-order valence-electron chi connectivity index (χ4n) is 3.41. The number of aliphatic hydroxyl groups is 1. The van der Waals surface area contributed by atoms with Crippen molar-refractivity contribution in [1.82, 2.24) is 9.13 Å². The van der Waals surface area contributed by atoms with E-state index < -0.39 is 34.3 Å². The van der Waals surface area contributed by atoms with Crippen LogP contribution in [0.3, 0.4) is 0 Å². The number of rotatable bonds is 8. The van der Waals surface area contributed by atoms with Crippen LogP contribution in [0.15, 0.2) is 38.8 Å². The number of nitrogens with zero attached hydrogens (tertiary/aromatic N) is 2. The molecule has 11 heteroatoms. The monoisotopic (exact) mass is 500 g/mol. The van der Waals surface area contributed by atoms with Crippen molar-refractivity contribution in [2.45, 2.75) is 37.9 Å². The van der Waals surface area contributed by atoms with Crippen LogP contribution in [0.25, 0.3) is 10.2 Å². The smallest absolute Gasteiger partial charge is 0.396 e. The first-order valence-electron chi connectivity index (χ1n) is 10.2. The third-order valence-electron chi connectivity index (χ3n) is 4.91. The lowest BCUT2D eigenvalue weighted by atomic mass is 10.0. The summed E-state index contributed by atoms with van der Waals surface area (Å²) in [6.07, 6.45) is -4.37. The van der Waals surface area contributed by atoms with Gasteiger partial charge in [0.25, 0.3) is 5.56 Å². The zero-order chi connectivity index (χ0) is 24.5. The molecular formula is C22H23F3N2O4S2. The standard InChI is InChI=1S/C22H23F3N2O4S2/c1-12(2)11-27-20-15(19(30)26(3)21(27)31)17(32-10-6-9-28)18(33-20)16(29)13-7-4-5-8-14(13)22(23,24)25/h4-5,7-8,12,28H,6,9-11H2,1-3H3. The quantitative estimate of drug-likeness (QED) is 0.286. The lowest BCUT2D eigenvalue weighted by molar-refractivity contribution is -0.137.